The largest absolute Gasteiger partial charge is 0.323 e. The summed E-state index contributed by atoms with van der Waals surface area (Å²) in [5.74, 6) is 0. The zero-order valence-corrected chi connectivity index (χ0v) is 21.2. The summed E-state index contributed by atoms with van der Waals surface area (Å²) in [4.78, 5) is 24.7. The van der Waals surface area contributed by atoms with Gasteiger partial charge in [0.15, 0.2) is 0 Å². The van der Waals surface area contributed by atoms with Crippen LogP contribution in [0.5, 0.6) is 0 Å². The van der Waals surface area contributed by atoms with Crippen molar-refractivity contribution in [1.29, 1.82) is 0 Å². The van der Waals surface area contributed by atoms with Gasteiger partial charge in [-0.15, -0.1) is 0 Å². The predicted molar refractivity (Wildman–Crippen MR) is 150 cm³/mol. The molecule has 0 aliphatic carbocycles. The van der Waals surface area contributed by atoms with Gasteiger partial charge in [0.1, 0.15) is 0 Å². The molecule has 0 spiro atoms. The molecule has 36 heavy (non-hydrogen) atoms. The summed E-state index contributed by atoms with van der Waals surface area (Å²) in [5, 5.41) is 12.5. The van der Waals surface area contributed by atoms with Crippen molar-refractivity contribution in [3.8, 4) is 11.1 Å². The van der Waals surface area contributed by atoms with Crippen LogP contribution in [0.15, 0.2) is 84.9 Å². The van der Waals surface area contributed by atoms with Crippen LogP contribution in [-0.2, 0) is 0 Å². The van der Waals surface area contributed by atoms with E-state index in [-0.39, 0.29) is 12.1 Å². The Labute approximate surface area is 219 Å². The molecule has 0 bridgehead atoms. The van der Waals surface area contributed by atoms with Gasteiger partial charge in [-0.25, -0.2) is 9.59 Å². The van der Waals surface area contributed by atoms with Gasteiger partial charge in [0.25, 0.3) is 0 Å². The first-order valence-corrected chi connectivity index (χ1v) is 11.9. The third-order valence-electron chi connectivity index (χ3n) is 5.49. The third kappa shape index (κ3) is 6.56. The molecular weight excluding hydrogens is 495 g/mol. The Bertz CT molecular complexity index is 1300. The smallest absolute Gasteiger partial charge is 0.308 e. The first kappa shape index (κ1) is 25.1. The molecule has 4 aromatic rings. The molecule has 0 unspecified atom stereocenters. The number of hydrogen-bond acceptors (Lipinski definition) is 2. The van der Waals surface area contributed by atoms with Crippen molar-refractivity contribution in [2.75, 3.05) is 21.3 Å². The number of benzene rings is 4. The Morgan fingerprint density at radius 1 is 0.528 bits per heavy atom. The summed E-state index contributed by atoms with van der Waals surface area (Å²) in [5.41, 5.74) is 6.54. The van der Waals surface area contributed by atoms with Gasteiger partial charge >= 0.3 is 12.1 Å². The highest BCUT2D eigenvalue weighted by molar-refractivity contribution is 6.31. The van der Waals surface area contributed by atoms with Crippen LogP contribution in [-0.4, -0.2) is 12.1 Å². The van der Waals surface area contributed by atoms with E-state index >= 15 is 0 Å². The average molecular weight is 519 g/mol. The van der Waals surface area contributed by atoms with E-state index in [0.717, 1.165) is 22.3 Å². The number of rotatable bonds is 5. The zero-order valence-electron chi connectivity index (χ0n) is 19.7. The zero-order chi connectivity index (χ0) is 25.7. The summed E-state index contributed by atoms with van der Waals surface area (Å²) < 4.78 is 0. The minimum atomic E-state index is -0.337. The molecule has 0 aromatic heterocycles. The molecule has 0 saturated carbocycles. The van der Waals surface area contributed by atoms with Gasteiger partial charge < -0.3 is 21.3 Å². The van der Waals surface area contributed by atoms with Crippen molar-refractivity contribution in [2.24, 2.45) is 0 Å². The minimum Gasteiger partial charge on any atom is -0.308 e. The van der Waals surface area contributed by atoms with Crippen molar-refractivity contribution in [3.05, 3.63) is 106 Å². The molecule has 8 heteroatoms. The summed E-state index contributed by atoms with van der Waals surface area (Å²) in [7, 11) is 0. The molecule has 0 heterocycles. The fourth-order valence-electron chi connectivity index (χ4n) is 3.60. The normalized spacial score (nSPS) is 10.4. The van der Waals surface area contributed by atoms with Crippen molar-refractivity contribution in [2.45, 2.75) is 13.8 Å². The predicted octanol–water partition coefficient (Wildman–Crippen LogP) is 8.57. The first-order valence-electron chi connectivity index (χ1n) is 11.2. The van der Waals surface area contributed by atoms with Gasteiger partial charge in [-0.3, -0.25) is 0 Å². The monoisotopic (exact) mass is 518 g/mol. The maximum atomic E-state index is 12.4. The number of anilines is 4. The number of carbonyl (C=O) groups excluding carboxylic acids is 2. The van der Waals surface area contributed by atoms with Crippen LogP contribution in [0.3, 0.4) is 0 Å². The molecule has 0 aliphatic rings. The van der Waals surface area contributed by atoms with E-state index in [2.05, 4.69) is 21.3 Å². The standard InChI is InChI=1S/C28H24Cl2N4O2/c1-17-15-19(3-13-25(17)33-27(35)31-23-9-5-21(29)6-10-23)20-4-14-26(18(2)16-20)34-28(36)32-24-11-7-22(30)8-12-24/h3-16H,1-2H3,(H2,31,33,35)(H2,32,34,36). The molecule has 6 nitrogen and oxygen atoms in total. The second kappa shape index (κ2) is 11.2. The Morgan fingerprint density at radius 2 is 0.889 bits per heavy atom. The number of halogens is 2. The molecule has 4 rings (SSSR count). The summed E-state index contributed by atoms with van der Waals surface area (Å²) in [6.45, 7) is 3.87. The number of urea groups is 2. The van der Waals surface area contributed by atoms with E-state index in [9.17, 15) is 9.59 Å². The molecule has 0 fully saturated rings. The molecule has 4 N–H and O–H groups in total. The second-order valence-electron chi connectivity index (χ2n) is 8.23. The summed E-state index contributed by atoms with van der Waals surface area (Å²) >= 11 is 11.8. The fraction of sp³-hybridized carbons (Fsp3) is 0.0714. The van der Waals surface area contributed by atoms with Crippen LogP contribution in [0.1, 0.15) is 11.1 Å². The van der Waals surface area contributed by atoms with Gasteiger partial charge in [-0.1, -0.05) is 35.3 Å². The van der Waals surface area contributed by atoms with E-state index in [1.165, 1.54) is 0 Å². The second-order valence-corrected chi connectivity index (χ2v) is 9.10. The number of aryl methyl sites for hydroxylation is 2. The van der Waals surface area contributed by atoms with E-state index in [0.29, 0.717) is 32.8 Å². The lowest BCUT2D eigenvalue weighted by molar-refractivity contribution is 0.261. The van der Waals surface area contributed by atoms with Gasteiger partial charge in [0, 0.05) is 32.8 Å². The van der Waals surface area contributed by atoms with Crippen LogP contribution < -0.4 is 21.3 Å². The van der Waals surface area contributed by atoms with E-state index in [1.54, 1.807) is 48.5 Å². The van der Waals surface area contributed by atoms with Crippen LogP contribution >= 0.6 is 23.2 Å². The van der Waals surface area contributed by atoms with Crippen molar-refractivity contribution in [3.63, 3.8) is 0 Å². The molecule has 182 valence electrons. The SMILES string of the molecule is Cc1cc(-c2ccc(NC(=O)Nc3ccc(Cl)cc3)c(C)c2)ccc1NC(=O)Nc1ccc(Cl)cc1. The minimum absolute atomic E-state index is 0.337. The highest BCUT2D eigenvalue weighted by Gasteiger charge is 2.10. The number of nitrogens with one attached hydrogen (secondary N) is 4. The number of amides is 4. The summed E-state index contributed by atoms with van der Waals surface area (Å²) in [6.07, 6.45) is 0. The van der Waals surface area contributed by atoms with Gasteiger partial charge in [-0.05, 0) is 109 Å². The van der Waals surface area contributed by atoms with Crippen LogP contribution in [0, 0.1) is 13.8 Å². The lowest BCUT2D eigenvalue weighted by Gasteiger charge is -2.14. The van der Waals surface area contributed by atoms with Crippen molar-refractivity contribution < 1.29 is 9.59 Å². The topological polar surface area (TPSA) is 82.3 Å². The molecular formula is C28H24Cl2N4O2. The van der Waals surface area contributed by atoms with Gasteiger partial charge in [-0.2, -0.15) is 0 Å². The average Bonchev–Trinajstić information content (AvgIpc) is 2.84. The van der Waals surface area contributed by atoms with E-state index in [4.69, 9.17) is 23.2 Å². The highest BCUT2D eigenvalue weighted by atomic mass is 35.5. The molecule has 0 saturated heterocycles. The Kier molecular flexibility index (Phi) is 7.78. The Balaban J connectivity index is 1.40. The van der Waals surface area contributed by atoms with Gasteiger partial charge in [0.05, 0.1) is 0 Å². The lowest BCUT2D eigenvalue weighted by atomic mass is 10.00. The van der Waals surface area contributed by atoms with Crippen LogP contribution in [0.2, 0.25) is 10.0 Å². The number of carbonyl (C=O) groups is 2. The van der Waals surface area contributed by atoms with Crippen LogP contribution in [0.25, 0.3) is 11.1 Å². The molecule has 4 amide bonds. The first-order chi connectivity index (χ1) is 17.3. The molecule has 4 aromatic carbocycles. The Hall–Kier alpha value is -4.00. The molecule has 0 atom stereocenters. The van der Waals surface area contributed by atoms with Crippen molar-refractivity contribution in [1.82, 2.24) is 0 Å². The molecule has 0 radical (unpaired) electrons. The van der Waals surface area contributed by atoms with E-state index in [1.807, 2.05) is 50.2 Å². The highest BCUT2D eigenvalue weighted by Crippen LogP contribution is 2.28. The van der Waals surface area contributed by atoms with Crippen molar-refractivity contribution >= 4 is 58.0 Å². The van der Waals surface area contributed by atoms with E-state index < -0.39 is 0 Å². The fourth-order valence-corrected chi connectivity index (χ4v) is 3.85. The molecule has 0 aliphatic heterocycles. The lowest BCUT2D eigenvalue weighted by Crippen LogP contribution is -2.20. The number of hydrogen-bond donors (Lipinski definition) is 4. The maximum absolute atomic E-state index is 12.4. The maximum Gasteiger partial charge on any atom is 0.323 e. The quantitative estimate of drug-likeness (QED) is 0.213. The third-order valence-corrected chi connectivity index (χ3v) is 5.99. The Morgan fingerprint density at radius 3 is 1.22 bits per heavy atom. The van der Waals surface area contributed by atoms with Crippen LogP contribution in [0.4, 0.5) is 32.3 Å². The van der Waals surface area contributed by atoms with Gasteiger partial charge in [0.2, 0.25) is 0 Å². The summed E-state index contributed by atoms with van der Waals surface area (Å²) in [6, 6.07) is 24.8.